The van der Waals surface area contributed by atoms with Gasteiger partial charge in [0.2, 0.25) is 0 Å². The fourth-order valence-corrected chi connectivity index (χ4v) is 7.15. The molecular weight excluding hydrogens is 537 g/mol. The van der Waals surface area contributed by atoms with Gasteiger partial charge in [0.1, 0.15) is 23.9 Å². The number of benzene rings is 1. The van der Waals surface area contributed by atoms with Gasteiger partial charge in [-0.15, -0.1) is 11.3 Å². The molecule has 2 atom stereocenters. The van der Waals surface area contributed by atoms with E-state index >= 15 is 8.78 Å². The SMILES string of the molecule is C[C@@H]1Cc2c([nH]c3nc(C4CC4)sc23)[C@@H](c2c(F)cc(NC3CN(CCCF)C3)cc2F)N1CC(F)(F)CO. The Balaban J connectivity index is 1.34. The number of aliphatic hydroxyl groups is 1. The highest BCUT2D eigenvalue weighted by Gasteiger charge is 2.44. The van der Waals surface area contributed by atoms with Crippen molar-refractivity contribution in [1.82, 2.24) is 19.8 Å². The second kappa shape index (κ2) is 10.3. The lowest BCUT2D eigenvalue weighted by Crippen LogP contribution is -2.54. The molecule has 39 heavy (non-hydrogen) atoms. The highest BCUT2D eigenvalue weighted by molar-refractivity contribution is 7.18. The van der Waals surface area contributed by atoms with Crippen molar-refractivity contribution in [1.29, 1.82) is 0 Å². The summed E-state index contributed by atoms with van der Waals surface area (Å²) >= 11 is 1.57. The number of alkyl halides is 3. The number of fused-ring (bicyclic) bond motifs is 3. The molecule has 1 aliphatic carbocycles. The maximum Gasteiger partial charge on any atom is 0.283 e. The van der Waals surface area contributed by atoms with Crippen molar-refractivity contribution in [2.24, 2.45) is 0 Å². The summed E-state index contributed by atoms with van der Waals surface area (Å²) in [4.78, 5) is 11.4. The summed E-state index contributed by atoms with van der Waals surface area (Å²) in [6.45, 7) is 1.10. The first kappa shape index (κ1) is 26.9. The third-order valence-corrected chi connectivity index (χ3v) is 9.30. The Morgan fingerprint density at radius 1 is 1.21 bits per heavy atom. The zero-order chi connectivity index (χ0) is 27.5. The second-order valence-electron chi connectivity index (χ2n) is 11.2. The Morgan fingerprint density at radius 3 is 2.56 bits per heavy atom. The van der Waals surface area contributed by atoms with Gasteiger partial charge in [-0.3, -0.25) is 14.2 Å². The van der Waals surface area contributed by atoms with Gasteiger partial charge >= 0.3 is 0 Å². The monoisotopic (exact) mass is 569 g/mol. The molecule has 0 bridgehead atoms. The molecule has 0 spiro atoms. The molecule has 0 amide bonds. The van der Waals surface area contributed by atoms with Gasteiger partial charge in [0.05, 0.1) is 35.0 Å². The molecule has 3 N–H and O–H groups in total. The number of nitrogens with one attached hydrogen (secondary N) is 2. The number of aromatic nitrogens is 2. The molecule has 212 valence electrons. The number of halogens is 5. The minimum Gasteiger partial charge on any atom is -0.390 e. The van der Waals surface area contributed by atoms with Gasteiger partial charge in [-0.1, -0.05) is 0 Å². The number of hydrogen-bond donors (Lipinski definition) is 3. The normalized spacial score (nSPS) is 22.8. The maximum absolute atomic E-state index is 15.8. The summed E-state index contributed by atoms with van der Waals surface area (Å²) in [6.07, 6.45) is 3.05. The summed E-state index contributed by atoms with van der Waals surface area (Å²) in [6, 6.07) is 0.794. The quantitative estimate of drug-likeness (QED) is 0.293. The van der Waals surface area contributed by atoms with Crippen LogP contribution in [0.5, 0.6) is 0 Å². The van der Waals surface area contributed by atoms with Gasteiger partial charge in [-0.05, 0) is 50.3 Å². The summed E-state index contributed by atoms with van der Waals surface area (Å²) in [7, 11) is 0. The molecule has 6 rings (SSSR count). The number of anilines is 1. The molecule has 4 heterocycles. The van der Waals surface area contributed by atoms with Gasteiger partial charge < -0.3 is 15.4 Å². The molecule has 1 saturated heterocycles. The van der Waals surface area contributed by atoms with Crippen LogP contribution in [0.15, 0.2) is 12.1 Å². The van der Waals surface area contributed by atoms with E-state index in [1.807, 2.05) is 0 Å². The predicted molar refractivity (Wildman–Crippen MR) is 140 cm³/mol. The van der Waals surface area contributed by atoms with E-state index in [1.165, 1.54) is 17.0 Å². The maximum atomic E-state index is 15.8. The fourth-order valence-electron chi connectivity index (χ4n) is 5.89. The van der Waals surface area contributed by atoms with E-state index in [0.717, 1.165) is 28.1 Å². The lowest BCUT2D eigenvalue weighted by atomic mass is 9.88. The number of thiazole rings is 1. The largest absolute Gasteiger partial charge is 0.390 e. The minimum absolute atomic E-state index is 0.0164. The van der Waals surface area contributed by atoms with Crippen molar-refractivity contribution >= 4 is 27.4 Å². The van der Waals surface area contributed by atoms with E-state index in [0.29, 0.717) is 49.7 Å². The average molecular weight is 570 g/mol. The zero-order valence-electron chi connectivity index (χ0n) is 21.6. The third-order valence-electron chi connectivity index (χ3n) is 8.03. The fraction of sp³-hybridized carbons (Fsp3) is 0.593. The molecule has 12 heteroatoms. The molecular formula is C27H32F5N5OS. The summed E-state index contributed by atoms with van der Waals surface area (Å²) in [5.41, 5.74) is 1.92. The van der Waals surface area contributed by atoms with E-state index in [1.54, 1.807) is 18.3 Å². The van der Waals surface area contributed by atoms with Gasteiger partial charge in [0, 0.05) is 48.5 Å². The molecule has 1 saturated carbocycles. The Labute approximate surface area is 227 Å². The lowest BCUT2D eigenvalue weighted by Gasteiger charge is -2.42. The van der Waals surface area contributed by atoms with Crippen molar-refractivity contribution in [3.8, 4) is 0 Å². The minimum atomic E-state index is -3.45. The first-order chi connectivity index (χ1) is 18.7. The Hall–Kier alpha value is -2.28. The number of nitrogens with zero attached hydrogens (tertiary/aromatic N) is 3. The van der Waals surface area contributed by atoms with Crippen LogP contribution in [0, 0.1) is 11.6 Å². The number of hydrogen-bond acceptors (Lipinski definition) is 6. The topological polar surface area (TPSA) is 67.4 Å². The van der Waals surface area contributed by atoms with E-state index in [9.17, 15) is 18.3 Å². The van der Waals surface area contributed by atoms with Crippen molar-refractivity contribution < 1.29 is 27.1 Å². The number of H-pyrrole nitrogens is 1. The molecule has 2 aromatic heterocycles. The van der Waals surface area contributed by atoms with Crippen LogP contribution in [0.4, 0.5) is 27.6 Å². The van der Waals surface area contributed by atoms with Gasteiger partial charge in [0.25, 0.3) is 5.92 Å². The molecule has 6 nitrogen and oxygen atoms in total. The van der Waals surface area contributed by atoms with Crippen molar-refractivity contribution in [3.63, 3.8) is 0 Å². The van der Waals surface area contributed by atoms with Crippen LogP contribution in [0.2, 0.25) is 0 Å². The standard InChI is InChI=1S/C27H32F5N5OS/c1-14-7-18-22(34-25-24(18)39-26(35-25)15-3-4-15)23(37(14)12-27(31,32)13-38)21-19(29)8-16(9-20(21)30)33-17-10-36(11-17)6-2-5-28/h8-9,14-15,17,23,33-34,38H,2-7,10-13H2,1H3/t14-,23-/m1/s1. The van der Waals surface area contributed by atoms with E-state index < -0.39 is 42.8 Å². The van der Waals surface area contributed by atoms with Crippen molar-refractivity contribution in [2.45, 2.75) is 62.6 Å². The summed E-state index contributed by atoms with van der Waals surface area (Å²) < 4.78 is 73.8. The van der Waals surface area contributed by atoms with Crippen LogP contribution in [0.1, 0.15) is 60.0 Å². The highest BCUT2D eigenvalue weighted by Crippen LogP contribution is 2.48. The number of aliphatic hydroxyl groups excluding tert-OH is 1. The van der Waals surface area contributed by atoms with E-state index in [4.69, 9.17) is 4.98 Å². The van der Waals surface area contributed by atoms with E-state index in [2.05, 4.69) is 15.2 Å². The average Bonchev–Trinajstić information content (AvgIpc) is 3.54. The van der Waals surface area contributed by atoms with Crippen LogP contribution in [-0.2, 0) is 6.42 Å². The lowest BCUT2D eigenvalue weighted by molar-refractivity contribution is -0.0869. The highest BCUT2D eigenvalue weighted by atomic mass is 32.1. The van der Waals surface area contributed by atoms with Crippen molar-refractivity contribution in [3.05, 3.63) is 45.6 Å². The zero-order valence-corrected chi connectivity index (χ0v) is 22.4. The molecule has 2 aliphatic heterocycles. The molecule has 1 aromatic carbocycles. The first-order valence-electron chi connectivity index (χ1n) is 13.5. The van der Waals surface area contributed by atoms with Crippen LogP contribution in [-0.4, -0.2) is 82.3 Å². The van der Waals surface area contributed by atoms with Crippen LogP contribution in [0.25, 0.3) is 10.3 Å². The Kier molecular flexibility index (Phi) is 7.10. The van der Waals surface area contributed by atoms with Crippen LogP contribution < -0.4 is 5.32 Å². The number of likely N-dealkylation sites (tertiary alicyclic amines) is 1. The van der Waals surface area contributed by atoms with E-state index in [-0.39, 0.29) is 24.0 Å². The van der Waals surface area contributed by atoms with Gasteiger partial charge in [-0.2, -0.15) is 0 Å². The molecule has 3 aliphatic rings. The Morgan fingerprint density at radius 2 is 1.92 bits per heavy atom. The van der Waals surface area contributed by atoms with Gasteiger partial charge in [0.15, 0.2) is 0 Å². The Bertz CT molecular complexity index is 1330. The molecule has 3 aromatic rings. The predicted octanol–water partition coefficient (Wildman–Crippen LogP) is 5.20. The van der Waals surface area contributed by atoms with Crippen LogP contribution in [0.3, 0.4) is 0 Å². The third kappa shape index (κ3) is 5.16. The first-order valence-corrected chi connectivity index (χ1v) is 14.3. The summed E-state index contributed by atoms with van der Waals surface area (Å²) in [5.74, 6) is -4.67. The molecule has 0 radical (unpaired) electrons. The van der Waals surface area contributed by atoms with Crippen LogP contribution >= 0.6 is 11.3 Å². The van der Waals surface area contributed by atoms with Crippen molar-refractivity contribution in [2.75, 3.05) is 44.8 Å². The van der Waals surface area contributed by atoms with Gasteiger partial charge in [-0.25, -0.2) is 22.5 Å². The smallest absolute Gasteiger partial charge is 0.283 e. The molecule has 0 unspecified atom stereocenters. The number of aromatic amines is 1. The second-order valence-corrected chi connectivity index (χ2v) is 12.2. The molecule has 2 fully saturated rings. The summed E-state index contributed by atoms with van der Waals surface area (Å²) in [5, 5.41) is 13.4. The number of rotatable bonds is 10.